The molecule has 0 spiro atoms. The highest BCUT2D eigenvalue weighted by Crippen LogP contribution is 2.22. The molecule has 4 aromatic rings. The lowest BCUT2D eigenvalue weighted by atomic mass is 10.1. The number of benzene rings is 2. The fourth-order valence-electron chi connectivity index (χ4n) is 2.37. The van der Waals surface area contributed by atoms with Crippen molar-refractivity contribution in [2.24, 2.45) is 0 Å². The van der Waals surface area contributed by atoms with E-state index in [1.807, 2.05) is 24.3 Å². The molecule has 7 heteroatoms. The molecule has 22 heavy (non-hydrogen) atoms. The molecule has 0 bridgehead atoms. The molecule has 2 heterocycles. The molecule has 1 N–H and O–H groups in total. The molecule has 0 radical (unpaired) electrons. The van der Waals surface area contributed by atoms with Gasteiger partial charge < -0.3 is 5.11 Å². The topological polar surface area (TPSA) is 93.8 Å². The molecule has 0 fully saturated rings. The summed E-state index contributed by atoms with van der Waals surface area (Å²) in [5, 5.41) is 18.0. The summed E-state index contributed by atoms with van der Waals surface area (Å²) in [5.74, 6) is -0.427. The number of rotatable bonds is 2. The van der Waals surface area contributed by atoms with Crippen molar-refractivity contribution < 1.29 is 9.90 Å². The third kappa shape index (κ3) is 1.80. The summed E-state index contributed by atoms with van der Waals surface area (Å²) >= 11 is 0. The Morgan fingerprint density at radius 1 is 1.05 bits per heavy atom. The van der Waals surface area contributed by atoms with Crippen molar-refractivity contribution in [3.8, 4) is 5.82 Å². The number of para-hydroxylation sites is 1. The molecule has 0 aliphatic carbocycles. The van der Waals surface area contributed by atoms with Crippen LogP contribution in [0.5, 0.6) is 0 Å². The standard InChI is InChI=1S/C15H9N5O2/c21-15(22)9-5-6-10-12(7-9)16-8-17-14(10)20-13-4-2-1-3-11(13)18-19-20/h1-8H,(H,21,22). The number of aromatic nitrogens is 5. The Kier molecular flexibility index (Phi) is 2.59. The van der Waals surface area contributed by atoms with Gasteiger partial charge in [0.1, 0.15) is 11.8 Å². The van der Waals surface area contributed by atoms with E-state index in [0.29, 0.717) is 16.7 Å². The van der Waals surface area contributed by atoms with Crippen molar-refractivity contribution in [1.82, 2.24) is 25.0 Å². The molecule has 2 aromatic heterocycles. The Bertz CT molecular complexity index is 1020. The van der Waals surface area contributed by atoms with Gasteiger partial charge in [0, 0.05) is 5.39 Å². The molecule has 0 amide bonds. The Balaban J connectivity index is 2.01. The van der Waals surface area contributed by atoms with Crippen LogP contribution in [0.15, 0.2) is 48.8 Å². The van der Waals surface area contributed by atoms with Crippen molar-refractivity contribution in [2.45, 2.75) is 0 Å². The SMILES string of the molecule is O=C(O)c1ccc2c(-n3nnc4ccccc43)ncnc2c1. The molecule has 7 nitrogen and oxygen atoms in total. The zero-order valence-corrected chi connectivity index (χ0v) is 11.2. The fourth-order valence-corrected chi connectivity index (χ4v) is 2.37. The van der Waals surface area contributed by atoms with Gasteiger partial charge in [0.2, 0.25) is 0 Å². The minimum absolute atomic E-state index is 0.181. The van der Waals surface area contributed by atoms with Crippen molar-refractivity contribution in [3.63, 3.8) is 0 Å². The molecule has 0 saturated heterocycles. The van der Waals surface area contributed by atoms with Gasteiger partial charge in [-0.1, -0.05) is 17.3 Å². The van der Waals surface area contributed by atoms with Crippen LogP contribution in [0.2, 0.25) is 0 Å². The first-order valence-corrected chi connectivity index (χ1v) is 6.53. The van der Waals surface area contributed by atoms with E-state index in [-0.39, 0.29) is 5.56 Å². The van der Waals surface area contributed by atoms with E-state index in [9.17, 15) is 4.79 Å². The van der Waals surface area contributed by atoms with Gasteiger partial charge in [0.25, 0.3) is 0 Å². The van der Waals surface area contributed by atoms with Crippen LogP contribution in [0.4, 0.5) is 0 Å². The average Bonchev–Trinajstić information content (AvgIpc) is 2.97. The van der Waals surface area contributed by atoms with Gasteiger partial charge in [-0.2, -0.15) is 4.68 Å². The summed E-state index contributed by atoms with van der Waals surface area (Å²) in [6.07, 6.45) is 1.39. The van der Waals surface area contributed by atoms with E-state index in [4.69, 9.17) is 5.11 Å². The van der Waals surface area contributed by atoms with E-state index in [1.165, 1.54) is 18.5 Å². The second-order valence-corrected chi connectivity index (χ2v) is 4.72. The number of hydrogen-bond acceptors (Lipinski definition) is 5. The van der Waals surface area contributed by atoms with Crippen molar-refractivity contribution in [1.29, 1.82) is 0 Å². The average molecular weight is 291 g/mol. The van der Waals surface area contributed by atoms with E-state index in [1.54, 1.807) is 10.7 Å². The van der Waals surface area contributed by atoms with Crippen LogP contribution >= 0.6 is 0 Å². The van der Waals surface area contributed by atoms with Gasteiger partial charge in [0.15, 0.2) is 5.82 Å². The summed E-state index contributed by atoms with van der Waals surface area (Å²) < 4.78 is 1.62. The Labute approximate surface area is 123 Å². The summed E-state index contributed by atoms with van der Waals surface area (Å²) in [6, 6.07) is 12.3. The van der Waals surface area contributed by atoms with E-state index < -0.39 is 5.97 Å². The third-order valence-corrected chi connectivity index (χ3v) is 3.41. The number of carboxylic acids is 1. The lowest BCUT2D eigenvalue weighted by molar-refractivity contribution is 0.0697. The van der Waals surface area contributed by atoms with E-state index in [2.05, 4.69) is 20.3 Å². The maximum Gasteiger partial charge on any atom is 0.335 e. The molecular formula is C15H9N5O2. The summed E-state index contributed by atoms with van der Waals surface area (Å²) in [5.41, 5.74) is 2.31. The van der Waals surface area contributed by atoms with E-state index in [0.717, 1.165) is 11.0 Å². The van der Waals surface area contributed by atoms with Crippen LogP contribution in [-0.2, 0) is 0 Å². The van der Waals surface area contributed by atoms with Gasteiger partial charge in [-0.3, -0.25) is 0 Å². The first kappa shape index (κ1) is 12.4. The predicted octanol–water partition coefficient (Wildman–Crippen LogP) is 2.06. The Hall–Kier alpha value is -3.35. The van der Waals surface area contributed by atoms with Gasteiger partial charge in [-0.15, -0.1) is 5.10 Å². The van der Waals surface area contributed by atoms with Gasteiger partial charge in [0.05, 0.1) is 16.6 Å². The quantitative estimate of drug-likeness (QED) is 0.607. The second-order valence-electron chi connectivity index (χ2n) is 4.72. The third-order valence-electron chi connectivity index (χ3n) is 3.41. The number of carboxylic acid groups (broad SMARTS) is 1. The molecule has 4 rings (SSSR count). The van der Waals surface area contributed by atoms with Crippen LogP contribution in [0, 0.1) is 0 Å². The largest absolute Gasteiger partial charge is 0.478 e. The molecule has 106 valence electrons. The lowest BCUT2D eigenvalue weighted by Gasteiger charge is -2.05. The number of aromatic carboxylic acids is 1. The first-order chi connectivity index (χ1) is 10.7. The Morgan fingerprint density at radius 2 is 1.91 bits per heavy atom. The number of fused-ring (bicyclic) bond motifs is 2. The van der Waals surface area contributed by atoms with Crippen LogP contribution < -0.4 is 0 Å². The van der Waals surface area contributed by atoms with Crippen LogP contribution in [0.25, 0.3) is 27.8 Å². The summed E-state index contributed by atoms with van der Waals surface area (Å²) in [4.78, 5) is 19.5. The van der Waals surface area contributed by atoms with Gasteiger partial charge in [-0.25, -0.2) is 14.8 Å². The molecule has 2 aromatic carbocycles. The minimum atomic E-state index is -0.992. The highest BCUT2D eigenvalue weighted by Gasteiger charge is 2.12. The Morgan fingerprint density at radius 3 is 2.77 bits per heavy atom. The smallest absolute Gasteiger partial charge is 0.335 e. The highest BCUT2D eigenvalue weighted by molar-refractivity contribution is 5.95. The summed E-state index contributed by atoms with van der Waals surface area (Å²) in [7, 11) is 0. The zero-order valence-electron chi connectivity index (χ0n) is 11.2. The molecule has 0 atom stereocenters. The molecular weight excluding hydrogens is 282 g/mol. The second kappa shape index (κ2) is 4.59. The predicted molar refractivity (Wildman–Crippen MR) is 78.9 cm³/mol. The number of nitrogens with zero attached hydrogens (tertiary/aromatic N) is 5. The maximum absolute atomic E-state index is 11.1. The number of hydrogen-bond donors (Lipinski definition) is 1. The zero-order chi connectivity index (χ0) is 15.1. The van der Waals surface area contributed by atoms with E-state index >= 15 is 0 Å². The molecule has 0 saturated carbocycles. The molecule has 0 aliphatic rings. The summed E-state index contributed by atoms with van der Waals surface area (Å²) in [6.45, 7) is 0. The normalized spacial score (nSPS) is 11.1. The van der Waals surface area contributed by atoms with Gasteiger partial charge in [-0.05, 0) is 30.3 Å². The fraction of sp³-hybridized carbons (Fsp3) is 0. The van der Waals surface area contributed by atoms with Crippen LogP contribution in [0.1, 0.15) is 10.4 Å². The molecule has 0 unspecified atom stereocenters. The molecule has 0 aliphatic heterocycles. The van der Waals surface area contributed by atoms with Crippen LogP contribution in [-0.4, -0.2) is 36.0 Å². The number of carbonyl (C=O) groups is 1. The highest BCUT2D eigenvalue weighted by atomic mass is 16.4. The van der Waals surface area contributed by atoms with Gasteiger partial charge >= 0.3 is 5.97 Å². The van der Waals surface area contributed by atoms with Crippen molar-refractivity contribution >= 4 is 27.9 Å². The monoisotopic (exact) mass is 291 g/mol. The van der Waals surface area contributed by atoms with Crippen molar-refractivity contribution in [3.05, 3.63) is 54.4 Å². The van der Waals surface area contributed by atoms with Crippen molar-refractivity contribution in [2.75, 3.05) is 0 Å². The minimum Gasteiger partial charge on any atom is -0.478 e. The van der Waals surface area contributed by atoms with Crippen LogP contribution in [0.3, 0.4) is 0 Å². The maximum atomic E-state index is 11.1. The first-order valence-electron chi connectivity index (χ1n) is 6.53. The lowest BCUT2D eigenvalue weighted by Crippen LogP contribution is -2.03.